The van der Waals surface area contributed by atoms with E-state index in [9.17, 15) is 19.2 Å². The van der Waals surface area contributed by atoms with Gasteiger partial charge in [0.2, 0.25) is 11.8 Å². The zero-order valence-corrected chi connectivity index (χ0v) is 21.2. The van der Waals surface area contributed by atoms with Gasteiger partial charge in [0.25, 0.3) is 0 Å². The Kier molecular flexibility index (Phi) is 12.1. The van der Waals surface area contributed by atoms with Crippen molar-refractivity contribution >= 4 is 23.9 Å². The summed E-state index contributed by atoms with van der Waals surface area (Å²) in [5, 5.41) is 5.31. The van der Waals surface area contributed by atoms with Crippen LogP contribution in [0.25, 0.3) is 0 Å². The van der Waals surface area contributed by atoms with Crippen molar-refractivity contribution in [2.24, 2.45) is 0 Å². The number of unbranched alkanes of at least 4 members (excludes halogenated alkanes) is 1. The molecule has 0 radical (unpaired) electrons. The van der Waals surface area contributed by atoms with Gasteiger partial charge < -0.3 is 25.0 Å². The number of carbonyl (C=O) groups excluding carboxylic acids is 4. The van der Waals surface area contributed by atoms with E-state index in [2.05, 4.69) is 10.6 Å². The molecule has 3 amide bonds. The minimum absolute atomic E-state index is 0.0284. The standard InChI is InChI=1S/C25H39N3O6/c1-7-9-17-28(23(31)18(3)27-24(32)34-25(4,5)6)21(19-13-11-10-12-14-19)22(30)26-16-15-20(29)33-8-2/h10-14,18,21H,7-9,15-17H2,1-6H3,(H,26,30)(H,27,32). The van der Waals surface area contributed by atoms with Crippen molar-refractivity contribution in [3.8, 4) is 0 Å². The van der Waals surface area contributed by atoms with E-state index in [1.54, 1.807) is 58.9 Å². The maximum Gasteiger partial charge on any atom is 0.408 e. The fourth-order valence-corrected chi connectivity index (χ4v) is 3.22. The van der Waals surface area contributed by atoms with E-state index < -0.39 is 41.6 Å². The highest BCUT2D eigenvalue weighted by Gasteiger charge is 2.34. The molecule has 0 aliphatic carbocycles. The molecule has 9 heteroatoms. The van der Waals surface area contributed by atoms with E-state index in [1.807, 2.05) is 13.0 Å². The highest BCUT2D eigenvalue weighted by molar-refractivity contribution is 5.92. The molecule has 190 valence electrons. The summed E-state index contributed by atoms with van der Waals surface area (Å²) in [6, 6.07) is 7.11. The summed E-state index contributed by atoms with van der Waals surface area (Å²) in [6.07, 6.45) is 0.799. The number of alkyl carbamates (subject to hydrolysis) is 1. The smallest absolute Gasteiger partial charge is 0.408 e. The number of nitrogens with one attached hydrogen (secondary N) is 2. The Morgan fingerprint density at radius 1 is 1.06 bits per heavy atom. The normalized spacial score (nSPS) is 12.8. The molecule has 2 N–H and O–H groups in total. The van der Waals surface area contributed by atoms with E-state index in [-0.39, 0.29) is 19.6 Å². The van der Waals surface area contributed by atoms with Crippen LogP contribution in [0.5, 0.6) is 0 Å². The zero-order chi connectivity index (χ0) is 25.7. The number of nitrogens with zero attached hydrogens (tertiary/aromatic N) is 1. The second-order valence-corrected chi connectivity index (χ2v) is 8.91. The maximum absolute atomic E-state index is 13.4. The summed E-state index contributed by atoms with van der Waals surface area (Å²) in [5.41, 5.74) is -0.0785. The summed E-state index contributed by atoms with van der Waals surface area (Å²) in [7, 11) is 0. The van der Waals surface area contributed by atoms with Gasteiger partial charge in [0.05, 0.1) is 13.0 Å². The molecule has 1 rings (SSSR count). The topological polar surface area (TPSA) is 114 Å². The highest BCUT2D eigenvalue weighted by atomic mass is 16.6. The molecule has 0 bridgehead atoms. The Balaban J connectivity index is 3.12. The van der Waals surface area contributed by atoms with Gasteiger partial charge in [-0.05, 0) is 46.6 Å². The Morgan fingerprint density at radius 3 is 2.26 bits per heavy atom. The average Bonchev–Trinajstić information content (AvgIpc) is 2.75. The number of rotatable bonds is 12. The largest absolute Gasteiger partial charge is 0.466 e. The summed E-state index contributed by atoms with van der Waals surface area (Å²) in [5.74, 6) is -1.23. The molecule has 2 unspecified atom stereocenters. The molecule has 0 spiro atoms. The first-order valence-electron chi connectivity index (χ1n) is 11.8. The Bertz CT molecular complexity index is 807. The van der Waals surface area contributed by atoms with Gasteiger partial charge in [-0.3, -0.25) is 14.4 Å². The van der Waals surface area contributed by atoms with Crippen molar-refractivity contribution in [1.29, 1.82) is 0 Å². The fourth-order valence-electron chi connectivity index (χ4n) is 3.22. The number of esters is 1. The predicted molar refractivity (Wildman–Crippen MR) is 129 cm³/mol. The van der Waals surface area contributed by atoms with Gasteiger partial charge in [-0.25, -0.2) is 4.79 Å². The number of carbonyl (C=O) groups is 4. The van der Waals surface area contributed by atoms with Crippen LogP contribution in [0.3, 0.4) is 0 Å². The average molecular weight is 478 g/mol. The molecule has 34 heavy (non-hydrogen) atoms. The number of hydrogen-bond acceptors (Lipinski definition) is 6. The minimum Gasteiger partial charge on any atom is -0.466 e. The third-order valence-corrected chi connectivity index (χ3v) is 4.75. The van der Waals surface area contributed by atoms with Crippen LogP contribution in [0.2, 0.25) is 0 Å². The zero-order valence-electron chi connectivity index (χ0n) is 21.2. The third-order valence-electron chi connectivity index (χ3n) is 4.75. The van der Waals surface area contributed by atoms with Crippen LogP contribution in [-0.4, -0.2) is 60.1 Å². The van der Waals surface area contributed by atoms with Gasteiger partial charge in [-0.15, -0.1) is 0 Å². The minimum atomic E-state index is -0.926. The van der Waals surface area contributed by atoms with Crippen LogP contribution in [-0.2, 0) is 23.9 Å². The van der Waals surface area contributed by atoms with Crippen LogP contribution in [0.1, 0.15) is 72.4 Å². The lowest BCUT2D eigenvalue weighted by Crippen LogP contribution is -2.52. The van der Waals surface area contributed by atoms with Crippen LogP contribution >= 0.6 is 0 Å². The molecule has 0 saturated heterocycles. The van der Waals surface area contributed by atoms with Gasteiger partial charge in [0.15, 0.2) is 0 Å². The predicted octanol–water partition coefficient (Wildman–Crippen LogP) is 3.34. The molecule has 9 nitrogen and oxygen atoms in total. The highest BCUT2D eigenvalue weighted by Crippen LogP contribution is 2.23. The first-order chi connectivity index (χ1) is 16.0. The van der Waals surface area contributed by atoms with E-state index in [4.69, 9.17) is 9.47 Å². The van der Waals surface area contributed by atoms with Gasteiger partial charge in [0.1, 0.15) is 17.7 Å². The SMILES string of the molecule is CCCCN(C(=O)C(C)NC(=O)OC(C)(C)C)C(C(=O)NCCC(=O)OCC)c1ccccc1. The lowest BCUT2D eigenvalue weighted by atomic mass is 10.0. The van der Waals surface area contributed by atoms with Gasteiger partial charge in [-0.1, -0.05) is 43.7 Å². The first-order valence-corrected chi connectivity index (χ1v) is 11.8. The van der Waals surface area contributed by atoms with E-state index in [0.717, 1.165) is 6.42 Å². The lowest BCUT2D eigenvalue weighted by molar-refractivity contribution is -0.144. The lowest BCUT2D eigenvalue weighted by Gasteiger charge is -2.33. The molecule has 2 atom stereocenters. The molecule has 0 aromatic heterocycles. The van der Waals surface area contributed by atoms with Gasteiger partial charge >= 0.3 is 12.1 Å². The third kappa shape index (κ3) is 10.2. The first kappa shape index (κ1) is 28.9. The van der Waals surface area contributed by atoms with Crippen molar-refractivity contribution < 1.29 is 28.7 Å². The van der Waals surface area contributed by atoms with Gasteiger partial charge in [0, 0.05) is 13.1 Å². The van der Waals surface area contributed by atoms with E-state index in [0.29, 0.717) is 18.5 Å². The summed E-state index contributed by atoms with van der Waals surface area (Å²) in [4.78, 5) is 52.0. The second kappa shape index (κ2) is 14.2. The maximum atomic E-state index is 13.4. The molecule has 0 fully saturated rings. The molecular formula is C25H39N3O6. The molecule has 1 aromatic rings. The van der Waals surface area contributed by atoms with Crippen LogP contribution < -0.4 is 10.6 Å². The van der Waals surface area contributed by atoms with Crippen LogP contribution in [0, 0.1) is 0 Å². The van der Waals surface area contributed by atoms with Crippen molar-refractivity contribution in [2.45, 2.75) is 78.5 Å². The second-order valence-electron chi connectivity index (χ2n) is 8.91. The quantitative estimate of drug-likeness (QED) is 0.446. The number of amides is 3. The number of ether oxygens (including phenoxy) is 2. The van der Waals surface area contributed by atoms with Crippen molar-refractivity contribution in [2.75, 3.05) is 19.7 Å². The van der Waals surface area contributed by atoms with E-state index in [1.165, 1.54) is 4.90 Å². The summed E-state index contributed by atoms with van der Waals surface area (Å²) >= 11 is 0. The van der Waals surface area contributed by atoms with Crippen molar-refractivity contribution in [3.63, 3.8) is 0 Å². The molecule has 0 aliphatic heterocycles. The van der Waals surface area contributed by atoms with Crippen molar-refractivity contribution in [1.82, 2.24) is 15.5 Å². The van der Waals surface area contributed by atoms with E-state index >= 15 is 0 Å². The van der Waals surface area contributed by atoms with Gasteiger partial charge in [-0.2, -0.15) is 0 Å². The monoisotopic (exact) mass is 477 g/mol. The van der Waals surface area contributed by atoms with Crippen molar-refractivity contribution in [3.05, 3.63) is 35.9 Å². The summed E-state index contributed by atoms with van der Waals surface area (Å²) < 4.78 is 10.2. The number of benzene rings is 1. The molecule has 1 aromatic carbocycles. The Hall–Kier alpha value is -3.10. The summed E-state index contributed by atoms with van der Waals surface area (Å²) in [6.45, 7) is 11.1. The molecule has 0 aliphatic rings. The van der Waals surface area contributed by atoms with Crippen LogP contribution in [0.4, 0.5) is 4.79 Å². The fraction of sp³-hybridized carbons (Fsp3) is 0.600. The number of hydrogen-bond donors (Lipinski definition) is 2. The molecule has 0 heterocycles. The Morgan fingerprint density at radius 2 is 1.71 bits per heavy atom. The Labute approximate surface area is 202 Å². The molecular weight excluding hydrogens is 438 g/mol. The molecule has 0 saturated carbocycles. The van der Waals surface area contributed by atoms with Crippen LogP contribution in [0.15, 0.2) is 30.3 Å².